The first kappa shape index (κ1) is 41.4. The maximum absolute atomic E-state index is 13.5. The Labute approximate surface area is 394 Å². The number of benzene rings is 4. The zero-order chi connectivity index (χ0) is 46.2. The summed E-state index contributed by atoms with van der Waals surface area (Å²) in [7, 11) is 8.65. The van der Waals surface area contributed by atoms with Crippen molar-refractivity contribution in [1.82, 2.24) is 76.4 Å². The third-order valence-corrected chi connectivity index (χ3v) is 13.8. The molecule has 2 aliphatic heterocycles. The summed E-state index contributed by atoms with van der Waals surface area (Å²) in [4.78, 5) is 95.0. The van der Waals surface area contributed by atoms with Gasteiger partial charge in [-0.3, -0.25) is 36.5 Å². The van der Waals surface area contributed by atoms with Gasteiger partial charge in [0, 0.05) is 99.7 Å². The van der Waals surface area contributed by atoms with Gasteiger partial charge in [0.1, 0.15) is 0 Å². The van der Waals surface area contributed by atoms with Crippen molar-refractivity contribution >= 4 is 88.3 Å². The van der Waals surface area contributed by atoms with Crippen LogP contribution in [0.1, 0.15) is 20.8 Å². The first-order valence-electron chi connectivity index (χ1n) is 21.9. The van der Waals surface area contributed by atoms with Crippen LogP contribution in [0.4, 0.5) is 0 Å². The molecule has 0 atom stereocenters. The predicted octanol–water partition coefficient (Wildman–Crippen LogP) is 4.34. The van der Waals surface area contributed by atoms with Gasteiger partial charge in [-0.25, -0.2) is 29.1 Å². The molecule has 0 saturated heterocycles. The van der Waals surface area contributed by atoms with E-state index in [0.29, 0.717) is 153 Å². The summed E-state index contributed by atoms with van der Waals surface area (Å²) in [6, 6.07) is 15.2. The van der Waals surface area contributed by atoms with Crippen LogP contribution in [0.2, 0.25) is 0 Å². The van der Waals surface area contributed by atoms with Gasteiger partial charge < -0.3 is 29.9 Å². The van der Waals surface area contributed by atoms with E-state index >= 15 is 0 Å². The van der Waals surface area contributed by atoms with Crippen molar-refractivity contribution in [3.8, 4) is 45.6 Å². The van der Waals surface area contributed by atoms with Crippen LogP contribution in [0, 0.1) is 0 Å². The molecule has 8 bridgehead atoms. The van der Waals surface area contributed by atoms with E-state index in [0.717, 1.165) is 0 Å². The number of aryl methyl sites for hydroxylation is 8. The summed E-state index contributed by atoms with van der Waals surface area (Å²) < 4.78 is 13.1. The smallest absolute Gasteiger partial charge is 0.357 e. The maximum atomic E-state index is 13.5. The second-order valence-electron chi connectivity index (χ2n) is 17.2. The second-order valence-corrected chi connectivity index (χ2v) is 17.2. The van der Waals surface area contributed by atoms with E-state index in [-0.39, 0.29) is 42.2 Å². The van der Waals surface area contributed by atoms with Crippen LogP contribution in [0.5, 0.6) is 0 Å². The van der Waals surface area contributed by atoms with E-state index in [1.54, 1.807) is 71.8 Å². The molecule has 0 radical (unpaired) electrons. The number of nitrogens with zero attached hydrogens (tertiary/aromatic N) is 16. The molecule has 0 spiro atoms. The third-order valence-electron chi connectivity index (χ3n) is 13.8. The fourth-order valence-corrected chi connectivity index (χ4v) is 10.3. The molecular formula is C47H38N16O4Zn. The molecule has 2 aliphatic rings. The van der Waals surface area contributed by atoms with Gasteiger partial charge in [-0.15, -0.1) is 0 Å². The van der Waals surface area contributed by atoms with Crippen molar-refractivity contribution in [2.75, 3.05) is 0 Å². The van der Waals surface area contributed by atoms with E-state index in [2.05, 4.69) is 0 Å². The molecule has 13 rings (SSSR count). The maximum Gasteiger partial charge on any atom is 2.00 e. The Hall–Kier alpha value is -8.06. The van der Waals surface area contributed by atoms with Gasteiger partial charge in [-0.1, -0.05) is 0 Å². The van der Waals surface area contributed by atoms with Gasteiger partial charge in [0.05, 0.1) is 67.4 Å². The first-order chi connectivity index (χ1) is 32.3. The fourth-order valence-electron chi connectivity index (χ4n) is 10.3. The standard InChI is InChI=1S/C47H38N16O4.Zn/c1-9-61-33-17-25-22(14-30(33)58(6)45(61)65)39-50-40-24-16-32-35(63(11-3)47(67)60(32)8)19-27(24)43(54-40)55-42-26-18-34-31(59(7)46(66)62(34)10-2)15-23(26)38(53-42)49-36-20-12-28-29(57(5)44(64)56(28)4)13-21(20)37(48-36)51-41(25)52-39;/h12-19H,9-11H2,1-8H3;/q-2;+2. The molecule has 11 aromatic rings. The van der Waals surface area contributed by atoms with Crippen molar-refractivity contribution in [3.63, 3.8) is 0 Å². The summed E-state index contributed by atoms with van der Waals surface area (Å²) in [5, 5.41) is 2.49. The van der Waals surface area contributed by atoms with Crippen molar-refractivity contribution < 1.29 is 19.5 Å². The molecule has 21 heteroatoms. The van der Waals surface area contributed by atoms with Crippen LogP contribution < -0.4 is 32.7 Å². The number of aromatic nitrogens is 16. The third kappa shape index (κ3) is 5.21. The van der Waals surface area contributed by atoms with Crippen molar-refractivity contribution in [2.24, 2.45) is 35.2 Å². The van der Waals surface area contributed by atoms with Crippen LogP contribution in [-0.4, -0.2) is 66.4 Å². The van der Waals surface area contributed by atoms with Gasteiger partial charge in [-0.2, -0.15) is 0 Å². The number of hydrogen-bond donors (Lipinski definition) is 0. The molecule has 7 aromatic heterocycles. The molecule has 0 amide bonds. The van der Waals surface area contributed by atoms with Crippen molar-refractivity contribution in [3.05, 3.63) is 90.5 Å². The van der Waals surface area contributed by atoms with E-state index in [9.17, 15) is 19.2 Å². The summed E-state index contributed by atoms with van der Waals surface area (Å²) in [5.41, 5.74) is 8.47. The Balaban J connectivity index is 0.00000480. The molecule has 68 heavy (non-hydrogen) atoms. The van der Waals surface area contributed by atoms with E-state index in [1.165, 1.54) is 0 Å². The molecule has 0 saturated carbocycles. The average molecular weight is 956 g/mol. The summed E-state index contributed by atoms with van der Waals surface area (Å²) in [6.07, 6.45) is 0. The first-order valence-corrected chi connectivity index (χ1v) is 21.9. The number of rotatable bonds is 3. The molecule has 0 aliphatic carbocycles. The van der Waals surface area contributed by atoms with Gasteiger partial charge in [0.2, 0.25) is 0 Å². The largest absolute Gasteiger partial charge is 2.00 e. The Bertz CT molecular complexity index is 4570. The van der Waals surface area contributed by atoms with Crippen LogP contribution in [-0.2, 0) is 74.4 Å². The minimum absolute atomic E-state index is 0. The predicted molar refractivity (Wildman–Crippen MR) is 255 cm³/mol. The van der Waals surface area contributed by atoms with Crippen molar-refractivity contribution in [2.45, 2.75) is 40.4 Å². The van der Waals surface area contributed by atoms with E-state index in [1.807, 2.05) is 69.3 Å². The van der Waals surface area contributed by atoms with Crippen molar-refractivity contribution in [1.29, 1.82) is 0 Å². The molecule has 0 fully saturated rings. The quantitative estimate of drug-likeness (QED) is 0.227. The molecule has 4 aromatic carbocycles. The normalized spacial score (nSPS) is 12.4. The molecular weight excluding hydrogens is 918 g/mol. The Morgan fingerprint density at radius 2 is 0.588 bits per heavy atom. The van der Waals surface area contributed by atoms with E-state index in [4.69, 9.17) is 39.9 Å². The topological polar surface area (TPSA) is 213 Å². The number of imidazole rings is 4. The SMILES string of the molecule is CCn1c(=O)n(C)c2cc3c(cc21)-c1nc-3nc2[n-]c(nc3nc(nc4[n-]c(n1)c1cc5c(cc41)n(C)c(=O)n5CC)-c1cc4c(cc1-3)n(C)c(=O)n4C)c1cc3c(cc21)n(C)c(=O)n3CC.[Zn+2]. The van der Waals surface area contributed by atoms with E-state index < -0.39 is 0 Å². The zero-order valence-corrected chi connectivity index (χ0v) is 41.2. The second kappa shape index (κ2) is 14.0. The van der Waals surface area contributed by atoms with Gasteiger partial charge in [0.25, 0.3) is 0 Å². The molecule has 20 nitrogen and oxygen atoms in total. The Morgan fingerprint density at radius 1 is 0.353 bits per heavy atom. The van der Waals surface area contributed by atoms with Crippen LogP contribution in [0.25, 0.3) is 134 Å². The minimum Gasteiger partial charge on any atom is -0.357 e. The zero-order valence-electron chi connectivity index (χ0n) is 38.2. The summed E-state index contributed by atoms with van der Waals surface area (Å²) in [5.74, 6) is 1.17. The molecule has 332 valence electrons. The molecule has 0 N–H and O–H groups in total. The van der Waals surface area contributed by atoms with Gasteiger partial charge in [-0.05, 0) is 90.8 Å². The number of fused-ring (bicyclic) bond motifs is 24. The Morgan fingerprint density at radius 3 is 0.897 bits per heavy atom. The van der Waals surface area contributed by atoms with Gasteiger partial charge in [0.15, 0.2) is 0 Å². The number of hydrogen-bond acceptors (Lipinski definition) is 10. The minimum atomic E-state index is -0.198. The average Bonchev–Trinajstić information content (AvgIpc) is 4.19. The summed E-state index contributed by atoms with van der Waals surface area (Å²) in [6.45, 7) is 7.09. The monoisotopic (exact) mass is 954 g/mol. The van der Waals surface area contributed by atoms with Gasteiger partial charge >= 0.3 is 42.2 Å². The van der Waals surface area contributed by atoms with Crippen LogP contribution in [0.3, 0.4) is 0 Å². The summed E-state index contributed by atoms with van der Waals surface area (Å²) >= 11 is 0. The van der Waals surface area contributed by atoms with Crippen LogP contribution >= 0.6 is 0 Å². The fraction of sp³-hybridized carbons (Fsp3) is 0.234. The van der Waals surface area contributed by atoms with Crippen LogP contribution in [0.15, 0.2) is 67.7 Å². The Kier molecular flexibility index (Phi) is 8.51. The molecule has 9 heterocycles. The molecule has 0 unspecified atom stereocenters.